The Labute approximate surface area is 95.2 Å². The van der Waals surface area contributed by atoms with Crippen molar-refractivity contribution < 1.29 is 14.6 Å². The molecule has 1 N–H and O–H groups in total. The SMILES string of the molecule is COC(=O)c1c(O)cc(CBr)cc1C#N. The number of phenolic OH excluding ortho intramolecular Hbond substituents is 1. The summed E-state index contributed by atoms with van der Waals surface area (Å²) in [5.74, 6) is -0.958. The molecule has 0 saturated carbocycles. The number of carbonyl (C=O) groups excluding carboxylic acids is 1. The molecule has 0 atom stereocenters. The number of benzene rings is 1. The first kappa shape index (κ1) is 11.5. The van der Waals surface area contributed by atoms with Gasteiger partial charge in [0.2, 0.25) is 0 Å². The Morgan fingerprint density at radius 2 is 2.33 bits per heavy atom. The number of nitriles is 1. The van der Waals surface area contributed by atoms with E-state index in [1.54, 1.807) is 0 Å². The van der Waals surface area contributed by atoms with Gasteiger partial charge in [-0.15, -0.1) is 0 Å². The van der Waals surface area contributed by atoms with Crippen LogP contribution in [0.3, 0.4) is 0 Å². The molecule has 1 aromatic rings. The van der Waals surface area contributed by atoms with Crippen molar-refractivity contribution in [2.75, 3.05) is 7.11 Å². The lowest BCUT2D eigenvalue weighted by molar-refractivity contribution is 0.0597. The number of halogens is 1. The molecular formula is C10H8BrNO3. The van der Waals surface area contributed by atoms with Crippen LogP contribution < -0.4 is 0 Å². The van der Waals surface area contributed by atoms with Crippen molar-refractivity contribution in [2.24, 2.45) is 0 Å². The molecule has 78 valence electrons. The van der Waals surface area contributed by atoms with Gasteiger partial charge in [-0.25, -0.2) is 4.79 Å². The number of carbonyl (C=O) groups is 1. The predicted molar refractivity (Wildman–Crippen MR) is 56.8 cm³/mol. The van der Waals surface area contributed by atoms with Gasteiger partial charge in [0.1, 0.15) is 17.4 Å². The van der Waals surface area contributed by atoms with E-state index in [9.17, 15) is 9.90 Å². The summed E-state index contributed by atoms with van der Waals surface area (Å²) in [7, 11) is 1.20. The molecule has 0 spiro atoms. The van der Waals surface area contributed by atoms with Gasteiger partial charge in [-0.2, -0.15) is 5.26 Å². The second-order valence-electron chi connectivity index (χ2n) is 2.77. The maximum Gasteiger partial charge on any atom is 0.343 e. The van der Waals surface area contributed by atoms with E-state index < -0.39 is 5.97 Å². The molecule has 0 aliphatic heterocycles. The summed E-state index contributed by atoms with van der Waals surface area (Å²) in [6.45, 7) is 0. The number of rotatable bonds is 2. The molecule has 0 fully saturated rings. The standard InChI is InChI=1S/C10H8BrNO3/c1-15-10(14)9-7(5-12)2-6(4-11)3-8(9)13/h2-3,13H,4H2,1H3. The molecule has 15 heavy (non-hydrogen) atoms. The van der Waals surface area contributed by atoms with Crippen LogP contribution in [0.4, 0.5) is 0 Å². The Morgan fingerprint density at radius 3 is 2.80 bits per heavy atom. The molecule has 1 aromatic carbocycles. The van der Waals surface area contributed by atoms with Gasteiger partial charge < -0.3 is 9.84 Å². The summed E-state index contributed by atoms with van der Waals surface area (Å²) >= 11 is 3.20. The molecule has 0 aromatic heterocycles. The van der Waals surface area contributed by atoms with Crippen molar-refractivity contribution in [3.63, 3.8) is 0 Å². The minimum atomic E-state index is -0.717. The third kappa shape index (κ3) is 2.28. The van der Waals surface area contributed by atoms with Gasteiger partial charge in [-0.1, -0.05) is 15.9 Å². The monoisotopic (exact) mass is 269 g/mol. The number of hydrogen-bond donors (Lipinski definition) is 1. The van der Waals surface area contributed by atoms with Crippen LogP contribution in [-0.4, -0.2) is 18.2 Å². The fourth-order valence-corrected chi connectivity index (χ4v) is 1.49. The summed E-state index contributed by atoms with van der Waals surface area (Å²) in [4.78, 5) is 11.3. The first-order valence-corrected chi connectivity index (χ1v) is 5.16. The molecule has 0 aliphatic carbocycles. The quantitative estimate of drug-likeness (QED) is 0.658. The molecule has 1 rings (SSSR count). The van der Waals surface area contributed by atoms with Crippen LogP contribution in [0, 0.1) is 11.3 Å². The van der Waals surface area contributed by atoms with Gasteiger partial charge in [0.15, 0.2) is 0 Å². The predicted octanol–water partition coefficient (Wildman–Crippen LogP) is 1.95. The highest BCUT2D eigenvalue weighted by Gasteiger charge is 2.17. The fraction of sp³-hybridized carbons (Fsp3) is 0.200. The second kappa shape index (κ2) is 4.80. The normalized spacial score (nSPS) is 9.40. The molecule has 0 aliphatic rings. The summed E-state index contributed by atoms with van der Waals surface area (Å²) in [6, 6.07) is 4.79. The largest absolute Gasteiger partial charge is 0.507 e. The van der Waals surface area contributed by atoms with E-state index >= 15 is 0 Å². The number of nitrogens with zero attached hydrogens (tertiary/aromatic N) is 1. The number of hydrogen-bond acceptors (Lipinski definition) is 4. The molecule has 0 radical (unpaired) electrons. The van der Waals surface area contributed by atoms with E-state index in [-0.39, 0.29) is 16.9 Å². The Morgan fingerprint density at radius 1 is 1.67 bits per heavy atom. The molecule has 5 heteroatoms. The average molecular weight is 270 g/mol. The molecule has 0 saturated heterocycles. The third-order valence-corrected chi connectivity index (χ3v) is 2.49. The summed E-state index contributed by atoms with van der Waals surface area (Å²) < 4.78 is 4.47. The maximum absolute atomic E-state index is 11.3. The summed E-state index contributed by atoms with van der Waals surface area (Å²) in [5.41, 5.74) is 0.734. The highest BCUT2D eigenvalue weighted by molar-refractivity contribution is 9.08. The van der Waals surface area contributed by atoms with Crippen molar-refractivity contribution >= 4 is 21.9 Å². The zero-order chi connectivity index (χ0) is 11.4. The van der Waals surface area contributed by atoms with Crippen LogP contribution in [0.1, 0.15) is 21.5 Å². The lowest BCUT2D eigenvalue weighted by atomic mass is 10.0. The van der Waals surface area contributed by atoms with Gasteiger partial charge in [-0.3, -0.25) is 0 Å². The highest BCUT2D eigenvalue weighted by atomic mass is 79.9. The fourth-order valence-electron chi connectivity index (χ4n) is 1.17. The van der Waals surface area contributed by atoms with E-state index in [0.717, 1.165) is 5.56 Å². The lowest BCUT2D eigenvalue weighted by Crippen LogP contribution is -2.05. The second-order valence-corrected chi connectivity index (χ2v) is 3.34. The molecule has 0 amide bonds. The van der Waals surface area contributed by atoms with Crippen molar-refractivity contribution in [3.05, 3.63) is 28.8 Å². The molecule has 0 bridgehead atoms. The van der Waals surface area contributed by atoms with E-state index in [4.69, 9.17) is 5.26 Å². The number of ether oxygens (including phenoxy) is 1. The first-order chi connectivity index (χ1) is 7.13. The van der Waals surface area contributed by atoms with Crippen molar-refractivity contribution in [1.82, 2.24) is 0 Å². The third-order valence-electron chi connectivity index (χ3n) is 1.84. The van der Waals surface area contributed by atoms with E-state index in [0.29, 0.717) is 5.33 Å². The maximum atomic E-state index is 11.3. The minimum Gasteiger partial charge on any atom is -0.507 e. The van der Waals surface area contributed by atoms with Gasteiger partial charge in [-0.05, 0) is 17.7 Å². The van der Waals surface area contributed by atoms with Crippen LogP contribution in [0.2, 0.25) is 0 Å². The van der Waals surface area contributed by atoms with Crippen LogP contribution in [0.25, 0.3) is 0 Å². The molecule has 0 unspecified atom stereocenters. The van der Waals surface area contributed by atoms with Crippen molar-refractivity contribution in [2.45, 2.75) is 5.33 Å². The Bertz CT molecular complexity index is 437. The number of aromatic hydroxyl groups is 1. The van der Waals surface area contributed by atoms with E-state index in [1.807, 2.05) is 6.07 Å². The Hall–Kier alpha value is -1.54. The van der Waals surface area contributed by atoms with Gasteiger partial charge in [0.25, 0.3) is 0 Å². The van der Waals surface area contributed by atoms with E-state index in [1.165, 1.54) is 19.2 Å². The van der Waals surface area contributed by atoms with Gasteiger partial charge in [0, 0.05) is 5.33 Å². The minimum absolute atomic E-state index is 0.0929. The Balaban J connectivity index is 3.39. The van der Waals surface area contributed by atoms with Crippen LogP contribution in [0.5, 0.6) is 5.75 Å². The summed E-state index contributed by atoms with van der Waals surface area (Å²) in [6.07, 6.45) is 0. The van der Waals surface area contributed by atoms with E-state index in [2.05, 4.69) is 20.7 Å². The first-order valence-electron chi connectivity index (χ1n) is 4.04. The van der Waals surface area contributed by atoms with Gasteiger partial charge >= 0.3 is 5.97 Å². The smallest absolute Gasteiger partial charge is 0.343 e. The molecule has 4 nitrogen and oxygen atoms in total. The lowest BCUT2D eigenvalue weighted by Gasteiger charge is -2.06. The van der Waals surface area contributed by atoms with Crippen LogP contribution >= 0.6 is 15.9 Å². The molecular weight excluding hydrogens is 262 g/mol. The molecule has 0 heterocycles. The number of methoxy groups -OCH3 is 1. The van der Waals surface area contributed by atoms with Crippen molar-refractivity contribution in [3.8, 4) is 11.8 Å². The highest BCUT2D eigenvalue weighted by Crippen LogP contribution is 2.25. The summed E-state index contributed by atoms with van der Waals surface area (Å²) in [5, 5.41) is 18.9. The van der Waals surface area contributed by atoms with Gasteiger partial charge in [0.05, 0.1) is 12.7 Å². The van der Waals surface area contributed by atoms with Crippen LogP contribution in [-0.2, 0) is 10.1 Å². The topological polar surface area (TPSA) is 70.3 Å². The zero-order valence-electron chi connectivity index (χ0n) is 7.95. The Kier molecular flexibility index (Phi) is 3.69. The van der Waals surface area contributed by atoms with Crippen LogP contribution in [0.15, 0.2) is 12.1 Å². The number of phenols is 1. The number of alkyl halides is 1. The van der Waals surface area contributed by atoms with Crippen molar-refractivity contribution in [1.29, 1.82) is 5.26 Å². The zero-order valence-corrected chi connectivity index (χ0v) is 9.54. The average Bonchev–Trinajstić information content (AvgIpc) is 2.26. The number of esters is 1.